The summed E-state index contributed by atoms with van der Waals surface area (Å²) in [6.45, 7) is 0. The first-order valence-corrected chi connectivity index (χ1v) is 7.84. The normalized spacial score (nSPS) is 15.7. The average molecular weight is 282 g/mol. The van der Waals surface area contributed by atoms with Crippen molar-refractivity contribution in [2.24, 2.45) is 0 Å². The lowest BCUT2D eigenvalue weighted by molar-refractivity contribution is 0.959. The van der Waals surface area contributed by atoms with E-state index in [-0.39, 0.29) is 0 Å². The lowest BCUT2D eigenvalue weighted by atomic mass is 9.92. The van der Waals surface area contributed by atoms with Gasteiger partial charge in [0.15, 0.2) is 0 Å². The molecule has 0 nitrogen and oxygen atoms in total. The van der Waals surface area contributed by atoms with Crippen LogP contribution in [0, 0.1) is 0 Å². The van der Waals surface area contributed by atoms with Crippen LogP contribution >= 0.6 is 0 Å². The molecule has 3 aromatic rings. The Hall–Kier alpha value is -2.60. The van der Waals surface area contributed by atoms with Gasteiger partial charge in [0.2, 0.25) is 0 Å². The molecule has 0 heterocycles. The summed E-state index contributed by atoms with van der Waals surface area (Å²) in [7, 11) is 0. The van der Waals surface area contributed by atoms with E-state index < -0.39 is 0 Å². The molecule has 7 rings (SSSR count). The summed E-state index contributed by atoms with van der Waals surface area (Å²) >= 11 is 0. The fraction of sp³-hybridized carbons (Fsp3) is 0.0909. The summed E-state index contributed by atoms with van der Waals surface area (Å²) in [5.41, 5.74) is 7.88. The Morgan fingerprint density at radius 1 is 0.500 bits per heavy atom. The SMILES string of the molecule is C1=C(/c2ccccc2)c2ccc(cc2)CCc2ccc/1cc2. The van der Waals surface area contributed by atoms with Crippen LogP contribution in [0.1, 0.15) is 27.8 Å². The molecule has 0 saturated heterocycles. The second-order valence-electron chi connectivity index (χ2n) is 5.86. The van der Waals surface area contributed by atoms with Crippen molar-refractivity contribution >= 4 is 11.6 Å². The maximum absolute atomic E-state index is 2.29. The monoisotopic (exact) mass is 282 g/mol. The van der Waals surface area contributed by atoms with Crippen LogP contribution in [0.5, 0.6) is 0 Å². The van der Waals surface area contributed by atoms with Crippen molar-refractivity contribution in [3.63, 3.8) is 0 Å². The predicted molar refractivity (Wildman–Crippen MR) is 93.7 cm³/mol. The molecule has 0 aliphatic heterocycles. The van der Waals surface area contributed by atoms with Crippen molar-refractivity contribution in [1.29, 1.82) is 0 Å². The third kappa shape index (κ3) is 2.60. The zero-order chi connectivity index (χ0) is 14.8. The summed E-state index contributed by atoms with van der Waals surface area (Å²) in [6.07, 6.45) is 4.49. The van der Waals surface area contributed by atoms with E-state index in [0.29, 0.717) is 0 Å². The quantitative estimate of drug-likeness (QED) is 0.562. The summed E-state index contributed by atoms with van der Waals surface area (Å²) in [6, 6.07) is 28.6. The summed E-state index contributed by atoms with van der Waals surface area (Å²) in [5.74, 6) is 0. The van der Waals surface area contributed by atoms with Crippen molar-refractivity contribution in [2.75, 3.05) is 0 Å². The van der Waals surface area contributed by atoms with Crippen molar-refractivity contribution in [3.05, 3.63) is 107 Å². The molecule has 3 aromatic carbocycles. The molecule has 4 bridgehead atoms. The number of hydrogen-bond donors (Lipinski definition) is 0. The summed E-state index contributed by atoms with van der Waals surface area (Å²) in [4.78, 5) is 0. The predicted octanol–water partition coefficient (Wildman–Crippen LogP) is 5.37. The summed E-state index contributed by atoms with van der Waals surface area (Å²) < 4.78 is 0. The van der Waals surface area contributed by atoms with Gasteiger partial charge in [-0.15, -0.1) is 0 Å². The zero-order valence-corrected chi connectivity index (χ0v) is 12.5. The minimum Gasteiger partial charge on any atom is -0.0622 e. The molecule has 4 aliphatic carbocycles. The first-order chi connectivity index (χ1) is 10.9. The molecule has 0 spiro atoms. The fourth-order valence-electron chi connectivity index (χ4n) is 3.04. The molecule has 22 heavy (non-hydrogen) atoms. The molecule has 0 saturated carbocycles. The molecule has 0 amide bonds. The van der Waals surface area contributed by atoms with E-state index >= 15 is 0 Å². The maximum atomic E-state index is 2.29. The molecular weight excluding hydrogens is 264 g/mol. The number of benzene rings is 3. The highest BCUT2D eigenvalue weighted by atomic mass is 14.1. The third-order valence-corrected chi connectivity index (χ3v) is 4.34. The molecule has 0 unspecified atom stereocenters. The lowest BCUT2D eigenvalue weighted by Crippen LogP contribution is -1.95. The molecule has 0 fully saturated rings. The van der Waals surface area contributed by atoms with E-state index in [2.05, 4.69) is 84.9 Å². The minimum atomic E-state index is 1.10. The van der Waals surface area contributed by atoms with E-state index in [1.54, 1.807) is 0 Å². The molecule has 0 radical (unpaired) electrons. The van der Waals surface area contributed by atoms with E-state index in [1.165, 1.54) is 33.4 Å². The Morgan fingerprint density at radius 2 is 1.05 bits per heavy atom. The van der Waals surface area contributed by atoms with Gasteiger partial charge in [-0.3, -0.25) is 0 Å². The lowest BCUT2D eigenvalue weighted by Gasteiger charge is -2.12. The first kappa shape index (κ1) is 13.1. The van der Waals surface area contributed by atoms with E-state index in [9.17, 15) is 0 Å². The van der Waals surface area contributed by atoms with Gasteiger partial charge in [-0.05, 0) is 52.3 Å². The molecular formula is C22H18. The molecule has 0 N–H and O–H groups in total. The van der Waals surface area contributed by atoms with Crippen LogP contribution in [-0.4, -0.2) is 0 Å². The van der Waals surface area contributed by atoms with Crippen molar-refractivity contribution in [3.8, 4) is 0 Å². The molecule has 4 aliphatic rings. The van der Waals surface area contributed by atoms with Gasteiger partial charge in [-0.2, -0.15) is 0 Å². The number of aryl methyl sites for hydroxylation is 2. The van der Waals surface area contributed by atoms with E-state index in [4.69, 9.17) is 0 Å². The smallest absolute Gasteiger partial charge is 0.0105 e. The van der Waals surface area contributed by atoms with Crippen LogP contribution < -0.4 is 0 Å². The van der Waals surface area contributed by atoms with Crippen molar-refractivity contribution in [1.82, 2.24) is 0 Å². The van der Waals surface area contributed by atoms with Crippen molar-refractivity contribution in [2.45, 2.75) is 12.8 Å². The van der Waals surface area contributed by atoms with Gasteiger partial charge >= 0.3 is 0 Å². The zero-order valence-electron chi connectivity index (χ0n) is 12.5. The van der Waals surface area contributed by atoms with Gasteiger partial charge in [-0.25, -0.2) is 0 Å². The van der Waals surface area contributed by atoms with Crippen LogP contribution in [-0.2, 0) is 12.8 Å². The van der Waals surface area contributed by atoms with E-state index in [1.807, 2.05) is 0 Å². The Kier molecular flexibility index (Phi) is 3.36. The number of rotatable bonds is 1. The van der Waals surface area contributed by atoms with Gasteiger partial charge in [-0.1, -0.05) is 78.9 Å². The third-order valence-electron chi connectivity index (χ3n) is 4.34. The van der Waals surface area contributed by atoms with Gasteiger partial charge in [0.05, 0.1) is 0 Å². The Labute approximate surface area is 131 Å². The second-order valence-corrected chi connectivity index (χ2v) is 5.86. The molecule has 0 aromatic heterocycles. The highest BCUT2D eigenvalue weighted by Gasteiger charge is 2.07. The minimum absolute atomic E-state index is 1.10. The van der Waals surface area contributed by atoms with Crippen LogP contribution in [0.3, 0.4) is 0 Å². The highest BCUT2D eigenvalue weighted by molar-refractivity contribution is 5.91. The Morgan fingerprint density at radius 3 is 1.68 bits per heavy atom. The van der Waals surface area contributed by atoms with Crippen LogP contribution in [0.4, 0.5) is 0 Å². The van der Waals surface area contributed by atoms with Crippen LogP contribution in [0.25, 0.3) is 11.6 Å². The first-order valence-electron chi connectivity index (χ1n) is 7.84. The molecule has 0 atom stereocenters. The largest absolute Gasteiger partial charge is 0.0622 e. The van der Waals surface area contributed by atoms with Crippen molar-refractivity contribution < 1.29 is 0 Å². The maximum Gasteiger partial charge on any atom is -0.0105 e. The molecule has 0 heteroatoms. The van der Waals surface area contributed by atoms with Crippen LogP contribution in [0.15, 0.2) is 78.9 Å². The topological polar surface area (TPSA) is 0 Å². The standard InChI is InChI=1S/C22H18/c1-2-4-20(5-3-1)22-16-19-10-8-17(9-11-19)6-7-18-12-14-21(22)15-13-18/h1-5,8-16H,6-7H2/b22-16-. The van der Waals surface area contributed by atoms with E-state index in [0.717, 1.165) is 12.8 Å². The summed E-state index contributed by atoms with van der Waals surface area (Å²) in [5, 5.41) is 0. The van der Waals surface area contributed by atoms with Gasteiger partial charge in [0.25, 0.3) is 0 Å². The van der Waals surface area contributed by atoms with Crippen LogP contribution in [0.2, 0.25) is 0 Å². The average Bonchev–Trinajstić information content (AvgIpc) is 2.58. The molecule has 106 valence electrons. The van der Waals surface area contributed by atoms with Gasteiger partial charge < -0.3 is 0 Å². The second kappa shape index (κ2) is 5.65. The Bertz CT molecular complexity index is 791. The Balaban J connectivity index is 1.93. The van der Waals surface area contributed by atoms with Gasteiger partial charge in [0.1, 0.15) is 0 Å². The van der Waals surface area contributed by atoms with Gasteiger partial charge in [0, 0.05) is 0 Å². The highest BCUT2D eigenvalue weighted by Crippen LogP contribution is 2.27. The number of hydrogen-bond acceptors (Lipinski definition) is 0. The fourth-order valence-corrected chi connectivity index (χ4v) is 3.04.